The molecule has 0 aromatic heterocycles. The van der Waals surface area contributed by atoms with E-state index in [0.29, 0.717) is 11.1 Å². The van der Waals surface area contributed by atoms with Crippen molar-refractivity contribution in [3.05, 3.63) is 59.7 Å². The number of carbonyl (C=O) groups excluding carboxylic acids is 1. The van der Waals surface area contributed by atoms with Gasteiger partial charge in [0.25, 0.3) is 0 Å². The molecule has 104 valence electrons. The number of ketones is 1. The minimum atomic E-state index is 0.0104. The number of carbonyl (C=O) groups is 1. The fraction of sp³-hybridized carbons (Fsp3) is 0.167. The number of benzene rings is 2. The van der Waals surface area contributed by atoms with Crippen molar-refractivity contribution in [3.8, 4) is 0 Å². The maximum atomic E-state index is 12.5. The molecule has 2 aromatic carbocycles. The lowest BCUT2D eigenvalue weighted by atomic mass is 10.0. The fourth-order valence-electron chi connectivity index (χ4n) is 2.47. The quantitative estimate of drug-likeness (QED) is 0.744. The molecule has 0 saturated carbocycles. The van der Waals surface area contributed by atoms with Gasteiger partial charge in [0.05, 0.1) is 11.4 Å². The van der Waals surface area contributed by atoms with Crippen LogP contribution >= 0.6 is 0 Å². The van der Waals surface area contributed by atoms with Crippen molar-refractivity contribution in [2.75, 3.05) is 0 Å². The molecular weight excluding hydrogens is 260 g/mol. The van der Waals surface area contributed by atoms with E-state index in [2.05, 4.69) is 9.98 Å². The molecule has 0 N–H and O–H groups in total. The second-order valence-corrected chi connectivity index (χ2v) is 5.27. The van der Waals surface area contributed by atoms with Crippen molar-refractivity contribution in [2.45, 2.75) is 20.3 Å². The molecule has 0 saturated heterocycles. The average Bonchev–Trinajstić information content (AvgIpc) is 2.63. The molecule has 1 heterocycles. The van der Waals surface area contributed by atoms with Crippen LogP contribution in [0.2, 0.25) is 0 Å². The Balaban J connectivity index is 2.04. The van der Waals surface area contributed by atoms with E-state index in [4.69, 9.17) is 0 Å². The maximum absolute atomic E-state index is 12.5. The molecule has 1 aliphatic heterocycles. The number of fused-ring (bicyclic) bond motifs is 1. The minimum Gasteiger partial charge on any atom is -0.289 e. The summed E-state index contributed by atoms with van der Waals surface area (Å²) < 4.78 is 0. The van der Waals surface area contributed by atoms with Gasteiger partial charge in [-0.25, -0.2) is 0 Å². The van der Waals surface area contributed by atoms with Gasteiger partial charge in [0.15, 0.2) is 5.78 Å². The highest BCUT2D eigenvalue weighted by molar-refractivity contribution is 6.11. The molecule has 21 heavy (non-hydrogen) atoms. The lowest BCUT2D eigenvalue weighted by molar-refractivity contribution is 0.103. The predicted octanol–water partition coefficient (Wildman–Crippen LogP) is 4.51. The summed E-state index contributed by atoms with van der Waals surface area (Å²) in [6, 6.07) is 14.8. The normalized spacial score (nSPS) is 13.8. The summed E-state index contributed by atoms with van der Waals surface area (Å²) in [6.07, 6.45) is 0.774. The van der Waals surface area contributed by atoms with E-state index in [0.717, 1.165) is 29.2 Å². The van der Waals surface area contributed by atoms with Crippen LogP contribution in [0.15, 0.2) is 58.5 Å². The van der Waals surface area contributed by atoms with Crippen LogP contribution < -0.4 is 0 Å². The fourth-order valence-corrected chi connectivity index (χ4v) is 2.47. The number of aliphatic imine (C=N–C) groups is 2. The Hall–Kier alpha value is -2.55. The van der Waals surface area contributed by atoms with Crippen LogP contribution in [-0.4, -0.2) is 17.2 Å². The first-order valence-corrected chi connectivity index (χ1v) is 6.95. The Morgan fingerprint density at radius 1 is 0.857 bits per heavy atom. The van der Waals surface area contributed by atoms with Crippen LogP contribution in [-0.2, 0) is 0 Å². The van der Waals surface area contributed by atoms with E-state index in [1.807, 2.05) is 62.4 Å². The second-order valence-electron chi connectivity index (χ2n) is 5.27. The van der Waals surface area contributed by atoms with E-state index in [1.54, 1.807) is 0 Å². The first kappa shape index (κ1) is 13.4. The van der Waals surface area contributed by atoms with Crippen LogP contribution in [0.1, 0.15) is 36.2 Å². The highest BCUT2D eigenvalue weighted by Gasteiger charge is 2.13. The molecule has 0 radical (unpaired) electrons. The van der Waals surface area contributed by atoms with E-state index >= 15 is 0 Å². The zero-order chi connectivity index (χ0) is 14.8. The minimum absolute atomic E-state index is 0.0104. The van der Waals surface area contributed by atoms with Crippen molar-refractivity contribution in [1.82, 2.24) is 0 Å². The van der Waals surface area contributed by atoms with Gasteiger partial charge < -0.3 is 0 Å². The molecule has 0 aliphatic carbocycles. The van der Waals surface area contributed by atoms with E-state index in [9.17, 15) is 4.79 Å². The lowest BCUT2D eigenvalue weighted by Gasteiger charge is -2.05. The lowest BCUT2D eigenvalue weighted by Crippen LogP contribution is -2.00. The first-order chi connectivity index (χ1) is 10.1. The van der Waals surface area contributed by atoms with Gasteiger partial charge in [-0.3, -0.25) is 14.8 Å². The van der Waals surface area contributed by atoms with Gasteiger partial charge in [-0.05, 0) is 32.0 Å². The molecule has 0 amide bonds. The van der Waals surface area contributed by atoms with Crippen molar-refractivity contribution >= 4 is 28.6 Å². The molecule has 0 fully saturated rings. The van der Waals surface area contributed by atoms with Gasteiger partial charge in [0.1, 0.15) is 0 Å². The van der Waals surface area contributed by atoms with Gasteiger partial charge >= 0.3 is 0 Å². The number of nitrogens with zero attached hydrogens (tertiary/aromatic N) is 2. The van der Waals surface area contributed by atoms with Gasteiger partial charge in [0, 0.05) is 29.0 Å². The van der Waals surface area contributed by atoms with Crippen LogP contribution in [0.3, 0.4) is 0 Å². The molecule has 1 aliphatic rings. The molecule has 0 atom stereocenters. The van der Waals surface area contributed by atoms with Crippen LogP contribution in [0.5, 0.6) is 0 Å². The van der Waals surface area contributed by atoms with Crippen molar-refractivity contribution in [1.29, 1.82) is 0 Å². The summed E-state index contributed by atoms with van der Waals surface area (Å²) in [7, 11) is 0. The monoisotopic (exact) mass is 276 g/mol. The molecule has 0 spiro atoms. The van der Waals surface area contributed by atoms with Crippen molar-refractivity contribution in [3.63, 3.8) is 0 Å². The topological polar surface area (TPSA) is 41.8 Å². The zero-order valence-corrected chi connectivity index (χ0v) is 12.1. The SMILES string of the molecule is CC1=Nc2ccc(C(=O)c3ccccc3)cc2N=C(C)C1. The Morgan fingerprint density at radius 3 is 2.24 bits per heavy atom. The largest absolute Gasteiger partial charge is 0.289 e. The number of hydrogen-bond acceptors (Lipinski definition) is 3. The standard InChI is InChI=1S/C18H16N2O/c1-12-10-13(2)20-17-11-15(8-9-16(17)19-12)18(21)14-6-4-3-5-7-14/h3-9,11H,10H2,1-2H3. The molecule has 3 rings (SSSR count). The Bertz CT molecular complexity index is 758. The number of hydrogen-bond donors (Lipinski definition) is 0. The summed E-state index contributed by atoms with van der Waals surface area (Å²) in [5.74, 6) is 0.0104. The third-order valence-corrected chi connectivity index (χ3v) is 3.41. The Morgan fingerprint density at radius 2 is 1.52 bits per heavy atom. The molecule has 3 heteroatoms. The van der Waals surface area contributed by atoms with E-state index in [-0.39, 0.29) is 5.78 Å². The molecule has 2 aromatic rings. The summed E-state index contributed by atoms with van der Waals surface area (Å²) in [5, 5.41) is 0. The summed E-state index contributed by atoms with van der Waals surface area (Å²) in [5.41, 5.74) is 4.98. The first-order valence-electron chi connectivity index (χ1n) is 6.95. The van der Waals surface area contributed by atoms with Gasteiger partial charge in [-0.1, -0.05) is 30.3 Å². The zero-order valence-electron chi connectivity index (χ0n) is 12.1. The third-order valence-electron chi connectivity index (χ3n) is 3.41. The van der Waals surface area contributed by atoms with Crippen molar-refractivity contribution < 1.29 is 4.79 Å². The van der Waals surface area contributed by atoms with Crippen LogP contribution in [0, 0.1) is 0 Å². The van der Waals surface area contributed by atoms with E-state index < -0.39 is 0 Å². The van der Waals surface area contributed by atoms with Gasteiger partial charge in [0.2, 0.25) is 0 Å². The highest BCUT2D eigenvalue weighted by Crippen LogP contribution is 2.32. The van der Waals surface area contributed by atoms with Crippen LogP contribution in [0.25, 0.3) is 0 Å². The maximum Gasteiger partial charge on any atom is 0.193 e. The molecule has 0 bridgehead atoms. The molecular formula is C18H16N2O. The van der Waals surface area contributed by atoms with E-state index in [1.165, 1.54) is 0 Å². The Labute approximate surface area is 124 Å². The average molecular weight is 276 g/mol. The third kappa shape index (κ3) is 2.82. The highest BCUT2D eigenvalue weighted by atomic mass is 16.1. The summed E-state index contributed by atoms with van der Waals surface area (Å²) in [6.45, 7) is 3.98. The summed E-state index contributed by atoms with van der Waals surface area (Å²) >= 11 is 0. The predicted molar refractivity (Wildman–Crippen MR) is 86.5 cm³/mol. The van der Waals surface area contributed by atoms with Crippen LogP contribution in [0.4, 0.5) is 11.4 Å². The van der Waals surface area contributed by atoms with Gasteiger partial charge in [-0.2, -0.15) is 0 Å². The smallest absolute Gasteiger partial charge is 0.193 e. The van der Waals surface area contributed by atoms with Crippen molar-refractivity contribution in [2.24, 2.45) is 9.98 Å². The Kier molecular flexibility index (Phi) is 3.48. The number of rotatable bonds is 2. The molecule has 3 nitrogen and oxygen atoms in total. The molecule has 0 unspecified atom stereocenters. The van der Waals surface area contributed by atoms with Gasteiger partial charge in [-0.15, -0.1) is 0 Å². The second kappa shape index (κ2) is 5.44. The summed E-state index contributed by atoms with van der Waals surface area (Å²) in [4.78, 5) is 21.6.